The Morgan fingerprint density at radius 2 is 1.56 bits per heavy atom. The van der Waals surface area contributed by atoms with Crippen LogP contribution in [0.15, 0.2) is 72.8 Å². The first-order valence-electron chi connectivity index (χ1n) is 12.0. The molecule has 1 saturated heterocycles. The maximum atomic E-state index is 13.4. The van der Waals surface area contributed by atoms with Crippen molar-refractivity contribution in [1.29, 1.82) is 0 Å². The molecular formula is C29H30N2O3. The Labute approximate surface area is 200 Å². The van der Waals surface area contributed by atoms with Crippen molar-refractivity contribution in [2.24, 2.45) is 5.92 Å². The smallest absolute Gasteiger partial charge is 0.254 e. The first-order valence-corrected chi connectivity index (χ1v) is 12.0. The predicted molar refractivity (Wildman–Crippen MR) is 133 cm³/mol. The molecule has 0 saturated carbocycles. The molecule has 0 atom stereocenters. The fraction of sp³-hybridized carbons (Fsp3) is 0.310. The Kier molecular flexibility index (Phi) is 6.35. The number of likely N-dealkylation sites (tertiary alicyclic amines) is 1. The average Bonchev–Trinajstić information content (AvgIpc) is 2.89. The van der Waals surface area contributed by atoms with Crippen molar-refractivity contribution in [2.45, 2.75) is 31.6 Å². The van der Waals surface area contributed by atoms with Gasteiger partial charge in [-0.15, -0.1) is 0 Å². The Morgan fingerprint density at radius 1 is 0.941 bits per heavy atom. The van der Waals surface area contributed by atoms with Gasteiger partial charge >= 0.3 is 0 Å². The van der Waals surface area contributed by atoms with E-state index < -0.39 is 0 Å². The molecule has 0 bridgehead atoms. The summed E-state index contributed by atoms with van der Waals surface area (Å²) in [5.41, 5.74) is 4.88. The second-order valence-corrected chi connectivity index (χ2v) is 9.18. The van der Waals surface area contributed by atoms with Crippen molar-refractivity contribution in [3.8, 4) is 5.75 Å². The van der Waals surface area contributed by atoms with Crippen LogP contribution in [-0.4, -0.2) is 36.9 Å². The van der Waals surface area contributed by atoms with Crippen molar-refractivity contribution in [3.05, 3.63) is 95.1 Å². The van der Waals surface area contributed by atoms with Crippen LogP contribution in [0.5, 0.6) is 5.75 Å². The number of benzene rings is 3. The van der Waals surface area contributed by atoms with Crippen LogP contribution in [0.4, 0.5) is 5.69 Å². The molecule has 0 aromatic heterocycles. The lowest BCUT2D eigenvalue weighted by molar-refractivity contribution is -0.116. The molecular weight excluding hydrogens is 424 g/mol. The highest BCUT2D eigenvalue weighted by Crippen LogP contribution is 2.39. The first-order chi connectivity index (χ1) is 16.6. The number of carbonyl (C=O) groups is 2. The molecule has 0 aliphatic carbocycles. The van der Waals surface area contributed by atoms with Gasteiger partial charge in [-0.25, -0.2) is 0 Å². The molecule has 2 amide bonds. The molecule has 0 unspecified atom stereocenters. The highest BCUT2D eigenvalue weighted by molar-refractivity contribution is 6.00. The Bertz CT molecular complexity index is 1130. The van der Waals surface area contributed by atoms with Crippen molar-refractivity contribution < 1.29 is 14.3 Å². The molecule has 5 rings (SSSR count). The van der Waals surface area contributed by atoms with E-state index in [0.29, 0.717) is 54.8 Å². The highest BCUT2D eigenvalue weighted by atomic mass is 16.5. The topological polar surface area (TPSA) is 58.6 Å². The van der Waals surface area contributed by atoms with Crippen molar-refractivity contribution >= 4 is 17.5 Å². The van der Waals surface area contributed by atoms with E-state index in [1.54, 1.807) is 13.2 Å². The van der Waals surface area contributed by atoms with E-state index in [9.17, 15) is 9.59 Å². The molecule has 0 spiro atoms. The van der Waals surface area contributed by atoms with E-state index in [4.69, 9.17) is 4.74 Å². The summed E-state index contributed by atoms with van der Waals surface area (Å²) < 4.78 is 5.55. The SMILES string of the molecule is COc1cc(C(=O)N2CCC(C(c3ccccc3)c3ccccc3)CC2)cc2c1CCC(=O)N2. The van der Waals surface area contributed by atoms with Gasteiger partial charge in [-0.05, 0) is 48.4 Å². The molecule has 34 heavy (non-hydrogen) atoms. The number of ether oxygens (including phenoxy) is 1. The van der Waals surface area contributed by atoms with Gasteiger partial charge in [0, 0.05) is 42.2 Å². The Morgan fingerprint density at radius 3 is 2.15 bits per heavy atom. The summed E-state index contributed by atoms with van der Waals surface area (Å²) in [5.74, 6) is 1.43. The second-order valence-electron chi connectivity index (χ2n) is 9.18. The molecule has 3 aromatic carbocycles. The number of hydrogen-bond donors (Lipinski definition) is 1. The second kappa shape index (κ2) is 9.72. The number of methoxy groups -OCH3 is 1. The lowest BCUT2D eigenvalue weighted by Crippen LogP contribution is -2.40. The summed E-state index contributed by atoms with van der Waals surface area (Å²) in [4.78, 5) is 27.2. The standard InChI is InChI=1S/C29H30N2O3/c1-34-26-19-23(18-25-24(26)12-13-27(32)30-25)29(33)31-16-14-22(15-17-31)28(20-8-4-2-5-9-20)21-10-6-3-7-11-21/h2-11,18-19,22,28H,12-17H2,1H3,(H,30,32). The third-order valence-electron chi connectivity index (χ3n) is 7.17. The van der Waals surface area contributed by atoms with Gasteiger partial charge in [0.2, 0.25) is 5.91 Å². The molecule has 0 radical (unpaired) electrons. The van der Waals surface area contributed by atoms with Gasteiger partial charge < -0.3 is 15.0 Å². The summed E-state index contributed by atoms with van der Waals surface area (Å²) >= 11 is 0. The predicted octanol–water partition coefficient (Wildman–Crippen LogP) is 5.26. The molecule has 2 aliphatic rings. The van der Waals surface area contributed by atoms with E-state index in [1.165, 1.54) is 11.1 Å². The fourth-order valence-electron chi connectivity index (χ4n) is 5.45. The maximum absolute atomic E-state index is 13.4. The Balaban J connectivity index is 1.34. The molecule has 5 nitrogen and oxygen atoms in total. The van der Waals surface area contributed by atoms with Gasteiger partial charge in [-0.2, -0.15) is 0 Å². The number of carbonyl (C=O) groups excluding carboxylic acids is 2. The number of rotatable bonds is 5. The molecule has 2 aliphatic heterocycles. The van der Waals surface area contributed by atoms with Gasteiger partial charge in [0.25, 0.3) is 5.91 Å². The van der Waals surface area contributed by atoms with E-state index in [2.05, 4.69) is 66.0 Å². The van der Waals surface area contributed by atoms with E-state index in [1.807, 2.05) is 11.0 Å². The third-order valence-corrected chi connectivity index (χ3v) is 7.17. The van der Waals surface area contributed by atoms with E-state index in [-0.39, 0.29) is 11.8 Å². The highest BCUT2D eigenvalue weighted by Gasteiger charge is 2.31. The van der Waals surface area contributed by atoms with Crippen molar-refractivity contribution in [1.82, 2.24) is 4.90 Å². The van der Waals surface area contributed by atoms with Gasteiger partial charge in [0.05, 0.1) is 7.11 Å². The van der Waals surface area contributed by atoms with Crippen LogP contribution in [-0.2, 0) is 11.2 Å². The molecule has 2 heterocycles. The van der Waals surface area contributed by atoms with Crippen LogP contribution >= 0.6 is 0 Å². The van der Waals surface area contributed by atoms with Crippen LogP contribution < -0.4 is 10.1 Å². The van der Waals surface area contributed by atoms with Crippen molar-refractivity contribution in [3.63, 3.8) is 0 Å². The summed E-state index contributed by atoms with van der Waals surface area (Å²) in [6.45, 7) is 1.43. The third kappa shape index (κ3) is 4.43. The molecule has 1 N–H and O–H groups in total. The van der Waals surface area contributed by atoms with Gasteiger partial charge in [0.1, 0.15) is 5.75 Å². The summed E-state index contributed by atoms with van der Waals surface area (Å²) in [6, 6.07) is 25.0. The van der Waals surface area contributed by atoms with Crippen LogP contribution in [0.3, 0.4) is 0 Å². The quantitative estimate of drug-likeness (QED) is 0.572. The van der Waals surface area contributed by atoms with Crippen LogP contribution in [0.25, 0.3) is 0 Å². The van der Waals surface area contributed by atoms with Gasteiger partial charge in [-0.1, -0.05) is 60.7 Å². The number of anilines is 1. The fourth-order valence-corrected chi connectivity index (χ4v) is 5.45. The zero-order valence-electron chi connectivity index (χ0n) is 19.5. The van der Waals surface area contributed by atoms with Crippen LogP contribution in [0, 0.1) is 5.92 Å². The zero-order chi connectivity index (χ0) is 23.5. The maximum Gasteiger partial charge on any atom is 0.254 e. The van der Waals surface area contributed by atoms with Crippen LogP contribution in [0.1, 0.15) is 52.2 Å². The largest absolute Gasteiger partial charge is 0.496 e. The number of fused-ring (bicyclic) bond motifs is 1. The van der Waals surface area contributed by atoms with Crippen molar-refractivity contribution in [2.75, 3.05) is 25.5 Å². The average molecular weight is 455 g/mol. The number of amides is 2. The minimum Gasteiger partial charge on any atom is -0.496 e. The minimum atomic E-state index is -0.0205. The number of nitrogens with one attached hydrogen (secondary N) is 1. The lowest BCUT2D eigenvalue weighted by atomic mass is 9.76. The van der Waals surface area contributed by atoms with Gasteiger partial charge in [-0.3, -0.25) is 9.59 Å². The molecule has 1 fully saturated rings. The zero-order valence-corrected chi connectivity index (χ0v) is 19.5. The normalized spacial score (nSPS) is 16.2. The minimum absolute atomic E-state index is 0.00431. The first kappa shape index (κ1) is 22.2. The number of piperidine rings is 1. The molecule has 3 aromatic rings. The van der Waals surface area contributed by atoms with Crippen LogP contribution in [0.2, 0.25) is 0 Å². The van der Waals surface area contributed by atoms with Gasteiger partial charge in [0.15, 0.2) is 0 Å². The number of hydrogen-bond acceptors (Lipinski definition) is 3. The number of nitrogens with zero attached hydrogens (tertiary/aromatic N) is 1. The summed E-state index contributed by atoms with van der Waals surface area (Å²) in [5, 5.41) is 2.90. The Hall–Kier alpha value is -3.60. The molecule has 174 valence electrons. The van der Waals surface area contributed by atoms with E-state index >= 15 is 0 Å². The van der Waals surface area contributed by atoms with E-state index in [0.717, 1.165) is 18.4 Å². The lowest BCUT2D eigenvalue weighted by Gasteiger charge is -2.37. The molecule has 5 heteroatoms. The summed E-state index contributed by atoms with van der Waals surface area (Å²) in [7, 11) is 1.61. The summed E-state index contributed by atoms with van der Waals surface area (Å²) in [6.07, 6.45) is 2.96. The monoisotopic (exact) mass is 454 g/mol.